The maximum atomic E-state index is 12.4. The van der Waals surface area contributed by atoms with Crippen LogP contribution in [0.1, 0.15) is 32.6 Å². The van der Waals surface area contributed by atoms with Crippen LogP contribution in [0.25, 0.3) is 0 Å². The fourth-order valence-corrected chi connectivity index (χ4v) is 3.66. The smallest absolute Gasteiger partial charge is 0.338 e. The Morgan fingerprint density at radius 3 is 1.86 bits per heavy atom. The Balaban J connectivity index is 1.44. The molecule has 0 aromatic heterocycles. The molecule has 4 rings (SSSR count). The Labute approximate surface area is 202 Å². The van der Waals surface area contributed by atoms with Gasteiger partial charge in [0.25, 0.3) is 0 Å². The predicted octanol–water partition coefficient (Wildman–Crippen LogP) is 2.91. The molecule has 2 N–H and O–H groups in total. The second-order valence-corrected chi connectivity index (χ2v) is 8.00. The molecule has 0 amide bonds. The van der Waals surface area contributed by atoms with Gasteiger partial charge in [0.15, 0.2) is 6.29 Å². The van der Waals surface area contributed by atoms with Crippen LogP contribution in [-0.4, -0.2) is 59.8 Å². The Hall–Kier alpha value is -3.56. The summed E-state index contributed by atoms with van der Waals surface area (Å²) >= 11 is 0. The lowest BCUT2D eigenvalue weighted by Gasteiger charge is -2.41. The summed E-state index contributed by atoms with van der Waals surface area (Å²) in [5.41, 5.74) is 1.34. The van der Waals surface area contributed by atoms with Gasteiger partial charge in [-0.2, -0.15) is 0 Å². The van der Waals surface area contributed by atoms with E-state index < -0.39 is 49.3 Å². The molecule has 1 heterocycles. The van der Waals surface area contributed by atoms with Gasteiger partial charge in [0.2, 0.25) is 0 Å². The standard InChI is InChI=1S/C27H26O8/c28-21(16-32-25(30)18-10-4-1-5-11-18)24-23(29)22(17-33-26(31)19-12-6-2-7-13-19)34-27(35-24)20-14-8-3-9-15-20/h1-15,21-24,27-29H,16-17H2/t21-,22-,23+,24+,27-/m1/s1. The highest BCUT2D eigenvalue weighted by Gasteiger charge is 2.43. The average molecular weight is 478 g/mol. The zero-order valence-electron chi connectivity index (χ0n) is 18.8. The summed E-state index contributed by atoms with van der Waals surface area (Å²) in [5.74, 6) is -1.18. The normalized spacial score (nSPS) is 22.7. The summed E-state index contributed by atoms with van der Waals surface area (Å²) < 4.78 is 22.3. The van der Waals surface area contributed by atoms with E-state index in [1.165, 1.54) is 0 Å². The number of esters is 2. The van der Waals surface area contributed by atoms with Crippen LogP contribution in [0.15, 0.2) is 91.0 Å². The molecule has 0 radical (unpaired) electrons. The van der Waals surface area contributed by atoms with Crippen LogP contribution in [0, 0.1) is 0 Å². The van der Waals surface area contributed by atoms with Crippen molar-refractivity contribution in [2.75, 3.05) is 13.2 Å². The molecule has 0 bridgehead atoms. The predicted molar refractivity (Wildman–Crippen MR) is 124 cm³/mol. The van der Waals surface area contributed by atoms with Crippen molar-refractivity contribution in [2.24, 2.45) is 0 Å². The third-order valence-electron chi connectivity index (χ3n) is 5.53. The van der Waals surface area contributed by atoms with E-state index in [9.17, 15) is 19.8 Å². The fraction of sp³-hybridized carbons (Fsp3) is 0.259. The first-order valence-corrected chi connectivity index (χ1v) is 11.2. The largest absolute Gasteiger partial charge is 0.459 e. The molecule has 1 fully saturated rings. The molecule has 1 aliphatic rings. The minimum Gasteiger partial charge on any atom is -0.459 e. The first-order valence-electron chi connectivity index (χ1n) is 11.2. The number of hydrogen-bond acceptors (Lipinski definition) is 8. The highest BCUT2D eigenvalue weighted by atomic mass is 16.7. The lowest BCUT2D eigenvalue weighted by Crippen LogP contribution is -2.55. The van der Waals surface area contributed by atoms with Crippen LogP contribution in [0.3, 0.4) is 0 Å². The molecular formula is C27H26O8. The van der Waals surface area contributed by atoms with Gasteiger partial charge in [-0.25, -0.2) is 9.59 Å². The van der Waals surface area contributed by atoms with Crippen molar-refractivity contribution in [1.82, 2.24) is 0 Å². The SMILES string of the molecule is O=C(OC[C@@H](O)[C@@H]1O[C@H](c2ccccc2)O[C@H](COC(=O)c2ccccc2)[C@@H]1O)c1ccccc1. The third kappa shape index (κ3) is 6.32. The van der Waals surface area contributed by atoms with Crippen LogP contribution in [-0.2, 0) is 18.9 Å². The summed E-state index contributed by atoms with van der Waals surface area (Å²) in [5, 5.41) is 21.6. The van der Waals surface area contributed by atoms with E-state index in [1.807, 2.05) is 6.07 Å². The maximum Gasteiger partial charge on any atom is 0.338 e. The first-order chi connectivity index (χ1) is 17.0. The van der Waals surface area contributed by atoms with Gasteiger partial charge in [-0.3, -0.25) is 0 Å². The molecule has 1 saturated heterocycles. The minimum absolute atomic E-state index is 0.269. The van der Waals surface area contributed by atoms with Gasteiger partial charge in [0, 0.05) is 5.56 Å². The molecule has 0 spiro atoms. The lowest BCUT2D eigenvalue weighted by molar-refractivity contribution is -0.310. The van der Waals surface area contributed by atoms with E-state index in [1.54, 1.807) is 84.9 Å². The van der Waals surface area contributed by atoms with E-state index >= 15 is 0 Å². The van der Waals surface area contributed by atoms with Crippen LogP contribution in [0.4, 0.5) is 0 Å². The number of hydrogen-bond donors (Lipinski definition) is 2. The number of carbonyl (C=O) groups is 2. The fourth-order valence-electron chi connectivity index (χ4n) is 3.66. The van der Waals surface area contributed by atoms with Crippen LogP contribution < -0.4 is 0 Å². The van der Waals surface area contributed by atoms with Crippen molar-refractivity contribution < 1.29 is 38.7 Å². The number of aliphatic hydroxyl groups is 2. The number of carbonyl (C=O) groups excluding carboxylic acids is 2. The molecular weight excluding hydrogens is 452 g/mol. The first kappa shape index (κ1) is 24.6. The van der Waals surface area contributed by atoms with E-state index in [0.29, 0.717) is 16.7 Å². The summed E-state index contributed by atoms with van der Waals surface area (Å²) in [4.78, 5) is 24.6. The van der Waals surface area contributed by atoms with Crippen molar-refractivity contribution in [2.45, 2.75) is 30.7 Å². The molecule has 1 aliphatic heterocycles. The molecule has 8 heteroatoms. The van der Waals surface area contributed by atoms with Crippen molar-refractivity contribution in [3.05, 3.63) is 108 Å². The van der Waals surface area contributed by atoms with E-state index in [-0.39, 0.29) is 6.61 Å². The molecule has 182 valence electrons. The molecule has 5 atom stereocenters. The van der Waals surface area contributed by atoms with Gasteiger partial charge in [-0.1, -0.05) is 66.7 Å². The molecule has 0 unspecified atom stereocenters. The Kier molecular flexibility index (Phi) is 8.23. The van der Waals surface area contributed by atoms with Crippen LogP contribution >= 0.6 is 0 Å². The van der Waals surface area contributed by atoms with Crippen molar-refractivity contribution in [1.29, 1.82) is 0 Å². The number of benzene rings is 3. The van der Waals surface area contributed by atoms with Crippen molar-refractivity contribution in [3.8, 4) is 0 Å². The minimum atomic E-state index is -1.36. The van der Waals surface area contributed by atoms with Gasteiger partial charge in [-0.05, 0) is 24.3 Å². The maximum absolute atomic E-state index is 12.4. The highest BCUT2D eigenvalue weighted by Crippen LogP contribution is 2.32. The summed E-state index contributed by atoms with van der Waals surface area (Å²) in [6, 6.07) is 25.8. The second-order valence-electron chi connectivity index (χ2n) is 8.00. The van der Waals surface area contributed by atoms with Crippen molar-refractivity contribution in [3.63, 3.8) is 0 Å². The van der Waals surface area contributed by atoms with Gasteiger partial charge >= 0.3 is 11.9 Å². The molecule has 3 aromatic rings. The molecule has 0 saturated carbocycles. The Morgan fingerprint density at radius 2 is 1.29 bits per heavy atom. The highest BCUT2D eigenvalue weighted by molar-refractivity contribution is 5.89. The molecule has 8 nitrogen and oxygen atoms in total. The lowest BCUT2D eigenvalue weighted by atomic mass is 10.0. The topological polar surface area (TPSA) is 112 Å². The van der Waals surface area contributed by atoms with E-state index in [0.717, 1.165) is 0 Å². The average Bonchev–Trinajstić information content (AvgIpc) is 2.92. The summed E-state index contributed by atoms with van der Waals surface area (Å²) in [7, 11) is 0. The monoisotopic (exact) mass is 478 g/mol. The Bertz CT molecular complexity index is 1090. The van der Waals surface area contributed by atoms with Gasteiger partial charge in [0.05, 0.1) is 11.1 Å². The summed E-state index contributed by atoms with van der Waals surface area (Å²) in [6.45, 7) is -0.678. The quantitative estimate of drug-likeness (QED) is 0.476. The zero-order valence-corrected chi connectivity index (χ0v) is 18.8. The second kappa shape index (κ2) is 11.7. The van der Waals surface area contributed by atoms with Gasteiger partial charge in [-0.15, -0.1) is 0 Å². The van der Waals surface area contributed by atoms with Gasteiger partial charge < -0.3 is 29.2 Å². The van der Waals surface area contributed by atoms with Crippen LogP contribution in [0.5, 0.6) is 0 Å². The number of rotatable bonds is 8. The van der Waals surface area contributed by atoms with E-state index in [2.05, 4.69) is 0 Å². The summed E-state index contributed by atoms with van der Waals surface area (Å²) in [6.07, 6.45) is -5.82. The third-order valence-corrected chi connectivity index (χ3v) is 5.53. The number of ether oxygens (including phenoxy) is 4. The van der Waals surface area contributed by atoms with Gasteiger partial charge in [0.1, 0.15) is 37.6 Å². The van der Waals surface area contributed by atoms with E-state index in [4.69, 9.17) is 18.9 Å². The van der Waals surface area contributed by atoms with Crippen molar-refractivity contribution >= 4 is 11.9 Å². The molecule has 3 aromatic carbocycles. The Morgan fingerprint density at radius 1 is 0.771 bits per heavy atom. The number of aliphatic hydroxyl groups excluding tert-OH is 2. The zero-order chi connectivity index (χ0) is 24.6. The molecule has 0 aliphatic carbocycles. The molecule has 35 heavy (non-hydrogen) atoms. The van der Waals surface area contributed by atoms with Crippen LogP contribution in [0.2, 0.25) is 0 Å².